The molecule has 2 aromatic carbocycles. The highest BCUT2D eigenvalue weighted by molar-refractivity contribution is 5.94. The van der Waals surface area contributed by atoms with E-state index < -0.39 is 0 Å². The Labute approximate surface area is 124 Å². The fourth-order valence-corrected chi connectivity index (χ4v) is 1.90. The smallest absolute Gasteiger partial charge is 0.251 e. The number of carbonyl (C=O) groups is 1. The fourth-order valence-electron chi connectivity index (χ4n) is 1.90. The van der Waals surface area contributed by atoms with Gasteiger partial charge < -0.3 is 10.6 Å². The summed E-state index contributed by atoms with van der Waals surface area (Å²) in [6.45, 7) is 3.19. The maximum atomic E-state index is 11.6. The molecule has 0 radical (unpaired) electrons. The van der Waals surface area contributed by atoms with Gasteiger partial charge in [0.15, 0.2) is 0 Å². The summed E-state index contributed by atoms with van der Waals surface area (Å²) in [5, 5.41) is 14.8. The molecular weight excluding hydrogens is 262 g/mol. The molecular formula is C17H17N3O. The molecule has 2 aromatic rings. The predicted molar refractivity (Wildman–Crippen MR) is 82.9 cm³/mol. The van der Waals surface area contributed by atoms with Gasteiger partial charge >= 0.3 is 0 Å². The highest BCUT2D eigenvalue weighted by Crippen LogP contribution is 2.12. The van der Waals surface area contributed by atoms with E-state index in [-0.39, 0.29) is 5.91 Å². The number of hydrogen-bond donors (Lipinski definition) is 2. The number of hydrogen-bond acceptors (Lipinski definition) is 3. The molecule has 0 atom stereocenters. The molecule has 0 aliphatic rings. The number of nitriles is 1. The van der Waals surface area contributed by atoms with Gasteiger partial charge in [-0.15, -0.1) is 0 Å². The molecule has 0 saturated carbocycles. The van der Waals surface area contributed by atoms with Gasteiger partial charge in [0.25, 0.3) is 5.91 Å². The van der Waals surface area contributed by atoms with E-state index in [9.17, 15) is 4.79 Å². The van der Waals surface area contributed by atoms with Gasteiger partial charge in [0.1, 0.15) is 0 Å². The molecule has 2 rings (SSSR count). The number of nitrogens with one attached hydrogen (secondary N) is 2. The normalized spacial score (nSPS) is 9.71. The molecule has 4 nitrogen and oxygen atoms in total. The first-order valence-corrected chi connectivity index (χ1v) is 6.84. The Morgan fingerprint density at radius 1 is 1.10 bits per heavy atom. The SMILES string of the molecule is CCNC(=O)c1ccc(NCc2ccc(C#N)cc2)cc1. The van der Waals surface area contributed by atoms with Gasteiger partial charge in [0.05, 0.1) is 11.6 Å². The summed E-state index contributed by atoms with van der Waals surface area (Å²) in [7, 11) is 0. The molecule has 0 aromatic heterocycles. The second-order valence-electron chi connectivity index (χ2n) is 4.60. The van der Waals surface area contributed by atoms with Crippen molar-refractivity contribution in [2.75, 3.05) is 11.9 Å². The minimum absolute atomic E-state index is 0.0591. The molecule has 0 spiro atoms. The van der Waals surface area contributed by atoms with Crippen molar-refractivity contribution in [3.63, 3.8) is 0 Å². The molecule has 4 heteroatoms. The van der Waals surface area contributed by atoms with Crippen molar-refractivity contribution in [1.29, 1.82) is 5.26 Å². The molecule has 21 heavy (non-hydrogen) atoms. The van der Waals surface area contributed by atoms with Crippen LogP contribution in [0.15, 0.2) is 48.5 Å². The van der Waals surface area contributed by atoms with Gasteiger partial charge in [-0.05, 0) is 48.9 Å². The standard InChI is InChI=1S/C17H17N3O/c1-2-19-17(21)15-7-9-16(10-8-15)20-12-14-5-3-13(11-18)4-6-14/h3-10,20H,2,12H2,1H3,(H,19,21). The predicted octanol–water partition coefficient (Wildman–Crippen LogP) is 2.92. The van der Waals surface area contributed by atoms with Crippen molar-refractivity contribution in [2.45, 2.75) is 13.5 Å². The lowest BCUT2D eigenvalue weighted by Gasteiger charge is -2.08. The van der Waals surface area contributed by atoms with Gasteiger partial charge in [0.2, 0.25) is 0 Å². The van der Waals surface area contributed by atoms with E-state index in [1.807, 2.05) is 31.2 Å². The van der Waals surface area contributed by atoms with E-state index in [0.717, 1.165) is 11.3 Å². The topological polar surface area (TPSA) is 64.9 Å². The van der Waals surface area contributed by atoms with Crippen LogP contribution < -0.4 is 10.6 Å². The summed E-state index contributed by atoms with van der Waals surface area (Å²) in [6, 6.07) is 16.9. The first kappa shape index (κ1) is 14.6. The second kappa shape index (κ2) is 7.11. The van der Waals surface area contributed by atoms with Crippen LogP contribution in [-0.2, 0) is 6.54 Å². The Morgan fingerprint density at radius 2 is 1.76 bits per heavy atom. The third-order valence-corrected chi connectivity index (χ3v) is 3.06. The van der Waals surface area contributed by atoms with Crippen LogP contribution in [0.5, 0.6) is 0 Å². The average molecular weight is 279 g/mol. The van der Waals surface area contributed by atoms with Gasteiger partial charge in [-0.3, -0.25) is 4.79 Å². The van der Waals surface area contributed by atoms with E-state index in [1.165, 1.54) is 0 Å². The van der Waals surface area contributed by atoms with Crippen molar-refractivity contribution in [3.8, 4) is 6.07 Å². The van der Waals surface area contributed by atoms with Crippen LogP contribution >= 0.6 is 0 Å². The van der Waals surface area contributed by atoms with Crippen LogP contribution in [0.3, 0.4) is 0 Å². The largest absolute Gasteiger partial charge is 0.381 e. The van der Waals surface area contributed by atoms with Crippen LogP contribution in [0.1, 0.15) is 28.4 Å². The lowest BCUT2D eigenvalue weighted by Crippen LogP contribution is -2.22. The van der Waals surface area contributed by atoms with Crippen LogP contribution in [0.25, 0.3) is 0 Å². The van der Waals surface area contributed by atoms with Gasteiger partial charge in [-0.25, -0.2) is 0 Å². The Kier molecular flexibility index (Phi) is 4.94. The molecule has 0 unspecified atom stereocenters. The van der Waals surface area contributed by atoms with Crippen molar-refractivity contribution < 1.29 is 4.79 Å². The minimum atomic E-state index is -0.0591. The Balaban J connectivity index is 1.94. The van der Waals surface area contributed by atoms with E-state index >= 15 is 0 Å². The van der Waals surface area contributed by atoms with Crippen molar-refractivity contribution in [1.82, 2.24) is 5.32 Å². The van der Waals surface area contributed by atoms with Gasteiger partial charge in [-0.2, -0.15) is 5.26 Å². The monoisotopic (exact) mass is 279 g/mol. The molecule has 106 valence electrons. The first-order valence-electron chi connectivity index (χ1n) is 6.84. The Bertz CT molecular complexity index is 639. The number of carbonyl (C=O) groups excluding carboxylic acids is 1. The van der Waals surface area contributed by atoms with Gasteiger partial charge in [-0.1, -0.05) is 12.1 Å². The third-order valence-electron chi connectivity index (χ3n) is 3.06. The van der Waals surface area contributed by atoms with Gasteiger partial charge in [0, 0.05) is 24.3 Å². The van der Waals surface area contributed by atoms with E-state index in [4.69, 9.17) is 5.26 Å². The number of anilines is 1. The van der Waals surface area contributed by atoms with E-state index in [0.29, 0.717) is 24.2 Å². The molecule has 0 aliphatic carbocycles. The highest BCUT2D eigenvalue weighted by Gasteiger charge is 2.03. The summed E-state index contributed by atoms with van der Waals surface area (Å²) < 4.78 is 0. The zero-order chi connectivity index (χ0) is 15.1. The Hall–Kier alpha value is -2.80. The number of amides is 1. The molecule has 0 heterocycles. The average Bonchev–Trinajstić information content (AvgIpc) is 2.54. The third kappa shape index (κ3) is 4.08. The number of benzene rings is 2. The fraction of sp³-hybridized carbons (Fsp3) is 0.176. The number of rotatable bonds is 5. The first-order chi connectivity index (χ1) is 10.2. The molecule has 0 aliphatic heterocycles. The summed E-state index contributed by atoms with van der Waals surface area (Å²) >= 11 is 0. The minimum Gasteiger partial charge on any atom is -0.381 e. The summed E-state index contributed by atoms with van der Waals surface area (Å²) in [5.41, 5.74) is 3.36. The molecule has 0 fully saturated rings. The Morgan fingerprint density at radius 3 is 2.33 bits per heavy atom. The van der Waals surface area contributed by atoms with Crippen LogP contribution in [0.4, 0.5) is 5.69 Å². The van der Waals surface area contributed by atoms with Crippen molar-refractivity contribution >= 4 is 11.6 Å². The quantitative estimate of drug-likeness (QED) is 0.884. The van der Waals surface area contributed by atoms with E-state index in [1.54, 1.807) is 24.3 Å². The van der Waals surface area contributed by atoms with Crippen molar-refractivity contribution in [2.24, 2.45) is 0 Å². The lowest BCUT2D eigenvalue weighted by molar-refractivity contribution is 0.0956. The summed E-state index contributed by atoms with van der Waals surface area (Å²) in [5.74, 6) is -0.0591. The van der Waals surface area contributed by atoms with E-state index in [2.05, 4.69) is 16.7 Å². The molecule has 2 N–H and O–H groups in total. The zero-order valence-corrected chi connectivity index (χ0v) is 11.9. The second-order valence-corrected chi connectivity index (χ2v) is 4.60. The summed E-state index contributed by atoms with van der Waals surface area (Å²) in [6.07, 6.45) is 0. The summed E-state index contributed by atoms with van der Waals surface area (Å²) in [4.78, 5) is 11.6. The lowest BCUT2D eigenvalue weighted by atomic mass is 10.1. The highest BCUT2D eigenvalue weighted by atomic mass is 16.1. The molecule has 0 bridgehead atoms. The van der Waals surface area contributed by atoms with Crippen LogP contribution in [-0.4, -0.2) is 12.5 Å². The van der Waals surface area contributed by atoms with Crippen LogP contribution in [0, 0.1) is 11.3 Å². The van der Waals surface area contributed by atoms with Crippen molar-refractivity contribution in [3.05, 3.63) is 65.2 Å². The molecule has 0 saturated heterocycles. The zero-order valence-electron chi connectivity index (χ0n) is 11.9. The van der Waals surface area contributed by atoms with Crippen LogP contribution in [0.2, 0.25) is 0 Å². The molecule has 1 amide bonds. The maximum Gasteiger partial charge on any atom is 0.251 e. The maximum absolute atomic E-state index is 11.6. The number of nitrogens with zero attached hydrogens (tertiary/aromatic N) is 1.